The van der Waals surface area contributed by atoms with Gasteiger partial charge in [-0.25, -0.2) is 0 Å². The van der Waals surface area contributed by atoms with Crippen molar-refractivity contribution in [1.29, 1.82) is 0 Å². The molecule has 1 atom stereocenters. The highest BCUT2D eigenvalue weighted by molar-refractivity contribution is 5.80. The average molecular weight is 305 g/mol. The van der Waals surface area contributed by atoms with Gasteiger partial charge in [0, 0.05) is 31.6 Å². The Hall–Kier alpha value is -1.43. The van der Waals surface area contributed by atoms with Gasteiger partial charge in [0.25, 0.3) is 0 Å². The van der Waals surface area contributed by atoms with Crippen molar-refractivity contribution in [2.75, 3.05) is 19.8 Å². The molecular weight excluding hydrogens is 282 g/mol. The van der Waals surface area contributed by atoms with Crippen molar-refractivity contribution in [2.45, 2.75) is 56.9 Å². The first-order chi connectivity index (χ1) is 10.8. The zero-order valence-electron chi connectivity index (χ0n) is 12.9. The molecule has 0 radical (unpaired) electrons. The normalized spacial score (nSPS) is 27.1. The number of amides is 1. The zero-order valence-corrected chi connectivity index (χ0v) is 12.9. The monoisotopic (exact) mass is 305 g/mol. The molecule has 1 saturated carbocycles. The Morgan fingerprint density at radius 3 is 2.64 bits per heavy atom. The van der Waals surface area contributed by atoms with Gasteiger partial charge in [-0.3, -0.25) is 4.79 Å². The minimum atomic E-state index is -0.00538. The molecule has 1 aromatic rings. The van der Waals surface area contributed by atoms with E-state index in [0.717, 1.165) is 64.1 Å². The Balaban J connectivity index is 1.48. The summed E-state index contributed by atoms with van der Waals surface area (Å²) < 4.78 is 10.9. The first kappa shape index (κ1) is 14.2. The lowest BCUT2D eigenvalue weighted by Gasteiger charge is -2.31. The van der Waals surface area contributed by atoms with Crippen molar-refractivity contribution in [3.8, 4) is 0 Å². The predicted octanol–water partition coefficient (Wildman–Crippen LogP) is 2.43. The molecule has 1 aliphatic carbocycles. The maximum atomic E-state index is 12.5. The molecule has 1 amide bonds. The van der Waals surface area contributed by atoms with Crippen LogP contribution in [0.3, 0.4) is 0 Å². The molecule has 2 saturated heterocycles. The van der Waals surface area contributed by atoms with Gasteiger partial charge in [0.1, 0.15) is 6.04 Å². The van der Waals surface area contributed by atoms with Gasteiger partial charge in [0.2, 0.25) is 11.8 Å². The van der Waals surface area contributed by atoms with E-state index in [1.54, 1.807) is 0 Å². The molecule has 3 heterocycles. The van der Waals surface area contributed by atoms with Crippen molar-refractivity contribution < 1.29 is 14.1 Å². The van der Waals surface area contributed by atoms with Crippen LogP contribution in [0, 0.1) is 5.92 Å². The molecule has 120 valence electrons. The highest BCUT2D eigenvalue weighted by atomic mass is 16.5. The van der Waals surface area contributed by atoms with Gasteiger partial charge in [-0.05, 0) is 38.5 Å². The smallest absolute Gasteiger partial charge is 0.249 e. The summed E-state index contributed by atoms with van der Waals surface area (Å²) in [5.41, 5.74) is 0. The predicted molar refractivity (Wildman–Crippen MR) is 78.1 cm³/mol. The molecule has 0 bridgehead atoms. The summed E-state index contributed by atoms with van der Waals surface area (Å²) in [6, 6.07) is -0.00538. The third kappa shape index (κ3) is 2.53. The Labute approximate surface area is 130 Å². The average Bonchev–Trinajstić information content (AvgIpc) is 3.15. The van der Waals surface area contributed by atoms with Crippen molar-refractivity contribution in [1.82, 2.24) is 15.0 Å². The molecule has 22 heavy (non-hydrogen) atoms. The van der Waals surface area contributed by atoms with Crippen LogP contribution in [0.15, 0.2) is 4.52 Å². The van der Waals surface area contributed by atoms with Gasteiger partial charge >= 0.3 is 0 Å². The van der Waals surface area contributed by atoms with Gasteiger partial charge in [-0.15, -0.1) is 0 Å². The summed E-state index contributed by atoms with van der Waals surface area (Å²) in [4.78, 5) is 19.1. The second-order valence-corrected chi connectivity index (χ2v) is 6.69. The standard InChI is InChI=1S/C16H23N3O3/c20-16(12-3-1-4-12)19-8-2-5-13(19)15-17-14(18-22-15)11-6-9-21-10-7-11/h11-13H,1-10H2/t13-/m0/s1. The lowest BCUT2D eigenvalue weighted by molar-refractivity contribution is -0.139. The number of rotatable bonds is 3. The summed E-state index contributed by atoms with van der Waals surface area (Å²) in [7, 11) is 0. The van der Waals surface area contributed by atoms with E-state index in [9.17, 15) is 4.79 Å². The molecule has 3 fully saturated rings. The lowest BCUT2D eigenvalue weighted by atomic mass is 9.84. The molecule has 6 nitrogen and oxygen atoms in total. The summed E-state index contributed by atoms with van der Waals surface area (Å²) in [6.07, 6.45) is 7.14. The van der Waals surface area contributed by atoms with Crippen LogP contribution in [0.1, 0.15) is 68.6 Å². The van der Waals surface area contributed by atoms with E-state index < -0.39 is 0 Å². The molecule has 6 heteroatoms. The van der Waals surface area contributed by atoms with Crippen molar-refractivity contribution >= 4 is 5.91 Å². The van der Waals surface area contributed by atoms with Crippen LogP contribution >= 0.6 is 0 Å². The molecule has 4 rings (SSSR count). The maximum Gasteiger partial charge on any atom is 0.249 e. The summed E-state index contributed by atoms with van der Waals surface area (Å²) in [6.45, 7) is 2.36. The van der Waals surface area contributed by atoms with Crippen molar-refractivity contribution in [3.63, 3.8) is 0 Å². The molecule has 2 aliphatic heterocycles. The second kappa shape index (κ2) is 5.99. The minimum Gasteiger partial charge on any atom is -0.381 e. The summed E-state index contributed by atoms with van der Waals surface area (Å²) in [5.74, 6) is 2.29. The molecular formula is C16H23N3O3. The van der Waals surface area contributed by atoms with Crippen LogP contribution in [-0.2, 0) is 9.53 Å². The zero-order chi connectivity index (χ0) is 14.9. The number of nitrogens with zero attached hydrogens (tertiary/aromatic N) is 3. The number of hydrogen-bond acceptors (Lipinski definition) is 5. The molecule has 0 aromatic carbocycles. The number of aromatic nitrogens is 2. The summed E-state index contributed by atoms with van der Waals surface area (Å²) in [5, 5.41) is 4.18. The van der Waals surface area contributed by atoms with Gasteiger partial charge in [-0.1, -0.05) is 11.6 Å². The third-order valence-corrected chi connectivity index (χ3v) is 5.32. The Kier molecular flexibility index (Phi) is 3.86. The van der Waals surface area contributed by atoms with Crippen molar-refractivity contribution in [2.24, 2.45) is 5.92 Å². The van der Waals surface area contributed by atoms with Crippen LogP contribution in [0.25, 0.3) is 0 Å². The lowest BCUT2D eigenvalue weighted by Crippen LogP contribution is -2.38. The highest BCUT2D eigenvalue weighted by Gasteiger charge is 2.39. The Bertz CT molecular complexity index is 534. The Morgan fingerprint density at radius 2 is 1.91 bits per heavy atom. The number of carbonyl (C=O) groups excluding carboxylic acids is 1. The molecule has 0 spiro atoms. The fourth-order valence-corrected chi connectivity index (χ4v) is 3.68. The van der Waals surface area contributed by atoms with E-state index in [0.29, 0.717) is 17.7 Å². The fraction of sp³-hybridized carbons (Fsp3) is 0.812. The molecule has 3 aliphatic rings. The van der Waals surface area contributed by atoms with Crippen LogP contribution in [0.5, 0.6) is 0 Å². The quantitative estimate of drug-likeness (QED) is 0.858. The first-order valence-corrected chi connectivity index (χ1v) is 8.54. The number of likely N-dealkylation sites (tertiary alicyclic amines) is 1. The SMILES string of the molecule is O=C(C1CCC1)N1CCC[C@H]1c1nc(C2CCOCC2)no1. The molecule has 1 aromatic heterocycles. The largest absolute Gasteiger partial charge is 0.381 e. The van der Waals surface area contributed by atoms with E-state index in [1.165, 1.54) is 6.42 Å². The van der Waals surface area contributed by atoms with Gasteiger partial charge in [-0.2, -0.15) is 4.98 Å². The number of ether oxygens (including phenoxy) is 1. The molecule has 0 N–H and O–H groups in total. The van der Waals surface area contributed by atoms with E-state index in [4.69, 9.17) is 9.26 Å². The van der Waals surface area contributed by atoms with Crippen LogP contribution in [0.2, 0.25) is 0 Å². The fourth-order valence-electron chi connectivity index (χ4n) is 3.68. The van der Waals surface area contributed by atoms with Crippen molar-refractivity contribution in [3.05, 3.63) is 11.7 Å². The highest BCUT2D eigenvalue weighted by Crippen LogP contribution is 2.37. The van der Waals surface area contributed by atoms with Gasteiger partial charge in [0.05, 0.1) is 0 Å². The van der Waals surface area contributed by atoms with Crippen LogP contribution < -0.4 is 0 Å². The first-order valence-electron chi connectivity index (χ1n) is 8.54. The second-order valence-electron chi connectivity index (χ2n) is 6.69. The van der Waals surface area contributed by atoms with Crippen LogP contribution in [0.4, 0.5) is 0 Å². The molecule has 0 unspecified atom stereocenters. The van der Waals surface area contributed by atoms with E-state index in [-0.39, 0.29) is 12.0 Å². The number of carbonyl (C=O) groups is 1. The minimum absolute atomic E-state index is 0.00538. The Morgan fingerprint density at radius 1 is 1.09 bits per heavy atom. The van der Waals surface area contributed by atoms with Gasteiger partial charge in [0.15, 0.2) is 5.82 Å². The van der Waals surface area contributed by atoms with E-state index in [2.05, 4.69) is 10.1 Å². The third-order valence-electron chi connectivity index (χ3n) is 5.32. The van der Waals surface area contributed by atoms with Crippen LogP contribution in [-0.4, -0.2) is 40.7 Å². The van der Waals surface area contributed by atoms with E-state index in [1.807, 2.05) is 4.90 Å². The number of hydrogen-bond donors (Lipinski definition) is 0. The van der Waals surface area contributed by atoms with E-state index >= 15 is 0 Å². The topological polar surface area (TPSA) is 68.5 Å². The maximum absolute atomic E-state index is 12.5. The summed E-state index contributed by atoms with van der Waals surface area (Å²) >= 11 is 0. The van der Waals surface area contributed by atoms with Gasteiger partial charge < -0.3 is 14.2 Å².